The average molecular weight is 877 g/mol. The molecule has 0 bridgehead atoms. The van der Waals surface area contributed by atoms with Crippen LogP contribution in [0.25, 0.3) is 21.8 Å². The second kappa shape index (κ2) is 20.4. The number of hydrogen-bond acceptors (Lipinski definition) is 10. The van der Waals surface area contributed by atoms with E-state index in [1.54, 1.807) is 6.07 Å². The minimum Gasteiger partial charge on any atom is -0.484 e. The van der Waals surface area contributed by atoms with Crippen molar-refractivity contribution >= 4 is 56.6 Å². The molecule has 3 N–H and O–H groups in total. The molecule has 0 atom stereocenters. The van der Waals surface area contributed by atoms with E-state index in [0.717, 1.165) is 120 Å². The predicted octanol–water partition coefficient (Wildman–Crippen LogP) is 8.39. The molecule has 336 valence electrons. The van der Waals surface area contributed by atoms with Crippen LogP contribution in [0.2, 0.25) is 0 Å². The first-order valence-corrected chi connectivity index (χ1v) is 21.5. The fourth-order valence-electron chi connectivity index (χ4n) is 7.80. The van der Waals surface area contributed by atoms with Gasteiger partial charge in [-0.3, -0.25) is 9.59 Å². The van der Waals surface area contributed by atoms with E-state index >= 15 is 0 Å². The standard InChI is InChI=1S/C26H32N4O2.C23H23F3N4O2/c1-18-5-8-22(9-6-18)32-17-26(31)27-20-7-10-24-23(16-20)19(2)15-25(28-24)30-13-11-21(12-14-30)29(3)4;1-15-12-21(30-10-8-27-9-11-30)29-20-7-4-17(13-19(15)20)28-22(31)14-32-18-5-2-16(3-6-18)23(24,25)26/h5-10,15-16,21H,11-14,17H2,1-4H3,(H,27,31);2-7,12-13,27H,8-11,14H2,1H3,(H,28,31). The number of halogens is 3. The van der Waals surface area contributed by atoms with Gasteiger partial charge in [0.25, 0.3) is 11.8 Å². The van der Waals surface area contributed by atoms with Gasteiger partial charge in [-0.15, -0.1) is 0 Å². The Morgan fingerprint density at radius 2 is 1.12 bits per heavy atom. The molecule has 2 aliphatic rings. The first kappa shape index (κ1) is 45.6. The number of benzene rings is 4. The molecule has 2 aromatic heterocycles. The number of alkyl halides is 3. The molecule has 12 nitrogen and oxygen atoms in total. The van der Waals surface area contributed by atoms with Crippen molar-refractivity contribution in [2.75, 3.05) is 87.0 Å². The van der Waals surface area contributed by atoms with Crippen LogP contribution in [0.1, 0.15) is 35.1 Å². The Hall–Kier alpha value is -6.45. The van der Waals surface area contributed by atoms with E-state index in [1.165, 1.54) is 12.1 Å². The highest BCUT2D eigenvalue weighted by Gasteiger charge is 2.30. The third-order valence-corrected chi connectivity index (χ3v) is 11.5. The van der Waals surface area contributed by atoms with Crippen molar-refractivity contribution in [1.29, 1.82) is 0 Å². The molecule has 2 saturated heterocycles. The van der Waals surface area contributed by atoms with Crippen LogP contribution in [0.4, 0.5) is 36.2 Å². The first-order chi connectivity index (χ1) is 30.7. The highest BCUT2D eigenvalue weighted by molar-refractivity contribution is 5.96. The molecule has 15 heteroatoms. The van der Waals surface area contributed by atoms with E-state index in [9.17, 15) is 22.8 Å². The van der Waals surface area contributed by atoms with Crippen LogP contribution in [-0.4, -0.2) is 99.3 Å². The Kier molecular flexibility index (Phi) is 14.5. The molecule has 0 radical (unpaired) electrons. The second-order valence-electron chi connectivity index (χ2n) is 16.5. The van der Waals surface area contributed by atoms with Gasteiger partial charge >= 0.3 is 6.18 Å². The minimum absolute atomic E-state index is 0.0276. The fraction of sp³-hybridized carbons (Fsp3) is 0.347. The maximum Gasteiger partial charge on any atom is 0.416 e. The van der Waals surface area contributed by atoms with Gasteiger partial charge < -0.3 is 40.1 Å². The quantitative estimate of drug-likeness (QED) is 0.117. The number of pyridine rings is 2. The summed E-state index contributed by atoms with van der Waals surface area (Å²) in [6.07, 6.45) is -2.10. The molecule has 2 aliphatic heterocycles. The van der Waals surface area contributed by atoms with Gasteiger partial charge in [-0.25, -0.2) is 9.97 Å². The van der Waals surface area contributed by atoms with Crippen molar-refractivity contribution in [2.24, 2.45) is 0 Å². The van der Waals surface area contributed by atoms with Crippen LogP contribution in [-0.2, 0) is 15.8 Å². The SMILES string of the molecule is Cc1cc(N2CCNCC2)nc2ccc(NC(=O)COc3ccc(C(F)(F)F)cc3)cc12.Cc1ccc(OCC(=O)Nc2ccc3nc(N4CCC(N(C)C)CC4)cc(C)c3c2)cc1. The van der Waals surface area contributed by atoms with Gasteiger partial charge in [-0.1, -0.05) is 17.7 Å². The summed E-state index contributed by atoms with van der Waals surface area (Å²) in [6, 6.07) is 28.1. The first-order valence-electron chi connectivity index (χ1n) is 21.5. The largest absolute Gasteiger partial charge is 0.484 e. The van der Waals surface area contributed by atoms with E-state index in [1.807, 2.05) is 74.5 Å². The van der Waals surface area contributed by atoms with E-state index in [0.29, 0.717) is 17.5 Å². The third kappa shape index (κ3) is 12.0. The van der Waals surface area contributed by atoms with Crippen molar-refractivity contribution in [1.82, 2.24) is 20.2 Å². The lowest BCUT2D eigenvalue weighted by Crippen LogP contribution is -2.43. The lowest BCUT2D eigenvalue weighted by Gasteiger charge is -2.36. The van der Waals surface area contributed by atoms with Crippen LogP contribution in [0, 0.1) is 20.8 Å². The predicted molar refractivity (Wildman–Crippen MR) is 248 cm³/mol. The number of nitrogens with zero attached hydrogens (tertiary/aromatic N) is 5. The topological polar surface area (TPSA) is 124 Å². The summed E-state index contributed by atoms with van der Waals surface area (Å²) in [7, 11) is 4.31. The zero-order valence-electron chi connectivity index (χ0n) is 36.9. The Morgan fingerprint density at radius 1 is 0.672 bits per heavy atom. The number of carbonyl (C=O) groups is 2. The second-order valence-corrected chi connectivity index (χ2v) is 16.5. The van der Waals surface area contributed by atoms with Gasteiger partial charge in [-0.05, 0) is 144 Å². The number of aromatic nitrogens is 2. The summed E-state index contributed by atoms with van der Waals surface area (Å²) in [5.41, 5.74) is 5.74. The summed E-state index contributed by atoms with van der Waals surface area (Å²) in [5.74, 6) is 2.26. The Labute approximate surface area is 371 Å². The lowest BCUT2D eigenvalue weighted by molar-refractivity contribution is -0.137. The number of ether oxygens (including phenoxy) is 2. The number of hydrogen-bond donors (Lipinski definition) is 3. The van der Waals surface area contributed by atoms with Gasteiger partial charge in [0, 0.05) is 67.5 Å². The van der Waals surface area contributed by atoms with Crippen molar-refractivity contribution in [3.8, 4) is 11.5 Å². The number of anilines is 4. The van der Waals surface area contributed by atoms with E-state index in [2.05, 4.69) is 57.7 Å². The number of piperidine rings is 1. The van der Waals surface area contributed by atoms with E-state index in [-0.39, 0.29) is 24.9 Å². The number of aryl methyl sites for hydroxylation is 3. The molecule has 0 saturated carbocycles. The number of fused-ring (bicyclic) bond motifs is 2. The molecule has 0 spiro atoms. The Bertz CT molecular complexity index is 2560. The molecule has 4 aromatic carbocycles. The van der Waals surface area contributed by atoms with E-state index < -0.39 is 17.6 Å². The smallest absolute Gasteiger partial charge is 0.416 e. The summed E-state index contributed by atoms with van der Waals surface area (Å²) in [5, 5.41) is 11.0. The molecule has 6 aromatic rings. The molecule has 8 rings (SSSR count). The summed E-state index contributed by atoms with van der Waals surface area (Å²) in [4.78, 5) is 41.2. The Morgan fingerprint density at radius 3 is 1.58 bits per heavy atom. The normalized spacial score (nSPS) is 14.6. The molecular formula is C49H55F3N8O4. The molecule has 2 fully saturated rings. The van der Waals surface area contributed by atoms with Crippen molar-refractivity contribution < 1.29 is 32.2 Å². The molecular weight excluding hydrogens is 822 g/mol. The monoisotopic (exact) mass is 876 g/mol. The number of carbonyl (C=O) groups excluding carboxylic acids is 2. The lowest BCUT2D eigenvalue weighted by atomic mass is 10.0. The van der Waals surface area contributed by atoms with Gasteiger partial charge in [0.2, 0.25) is 0 Å². The van der Waals surface area contributed by atoms with Crippen LogP contribution >= 0.6 is 0 Å². The van der Waals surface area contributed by atoms with Crippen molar-refractivity contribution in [3.05, 3.63) is 119 Å². The van der Waals surface area contributed by atoms with Crippen molar-refractivity contribution in [2.45, 2.75) is 45.8 Å². The van der Waals surface area contributed by atoms with E-state index in [4.69, 9.17) is 19.4 Å². The number of nitrogens with one attached hydrogen (secondary N) is 3. The highest BCUT2D eigenvalue weighted by Crippen LogP contribution is 2.31. The summed E-state index contributed by atoms with van der Waals surface area (Å²) < 4.78 is 48.7. The minimum atomic E-state index is -4.41. The van der Waals surface area contributed by atoms with Gasteiger partial charge in [0.15, 0.2) is 13.2 Å². The van der Waals surface area contributed by atoms with Crippen LogP contribution in [0.5, 0.6) is 11.5 Å². The van der Waals surface area contributed by atoms with Gasteiger partial charge in [-0.2, -0.15) is 13.2 Å². The van der Waals surface area contributed by atoms with Crippen molar-refractivity contribution in [3.63, 3.8) is 0 Å². The summed E-state index contributed by atoms with van der Waals surface area (Å²) >= 11 is 0. The Balaban J connectivity index is 0.000000191. The van der Waals surface area contributed by atoms with Crippen LogP contribution in [0.3, 0.4) is 0 Å². The molecule has 4 heterocycles. The molecule has 0 unspecified atom stereocenters. The van der Waals surface area contributed by atoms with Gasteiger partial charge in [0.1, 0.15) is 23.1 Å². The number of rotatable bonds is 11. The number of piperazine rings is 1. The fourth-order valence-corrected chi connectivity index (χ4v) is 7.80. The average Bonchev–Trinajstić information content (AvgIpc) is 3.29. The third-order valence-electron chi connectivity index (χ3n) is 11.5. The maximum atomic E-state index is 12.6. The van der Waals surface area contributed by atoms with Crippen LogP contribution in [0.15, 0.2) is 97.1 Å². The maximum absolute atomic E-state index is 12.6. The summed E-state index contributed by atoms with van der Waals surface area (Å²) in [6.45, 7) is 11.5. The highest BCUT2D eigenvalue weighted by atomic mass is 19.4. The zero-order valence-corrected chi connectivity index (χ0v) is 36.9. The molecule has 64 heavy (non-hydrogen) atoms. The van der Waals surface area contributed by atoms with Crippen LogP contribution < -0.4 is 35.2 Å². The molecule has 0 aliphatic carbocycles. The van der Waals surface area contributed by atoms with Gasteiger partial charge in [0.05, 0.1) is 16.6 Å². The zero-order chi connectivity index (χ0) is 45.4. The number of amides is 2. The molecule has 2 amide bonds.